The van der Waals surface area contributed by atoms with Gasteiger partial charge in [-0.1, -0.05) is 0 Å². The van der Waals surface area contributed by atoms with Crippen LogP contribution in [0.15, 0.2) is 24.8 Å². The maximum absolute atomic E-state index is 8.80. The predicted octanol–water partition coefficient (Wildman–Crippen LogP) is 0.662. The highest BCUT2D eigenvalue weighted by Gasteiger charge is 2.21. The van der Waals surface area contributed by atoms with E-state index in [0.717, 1.165) is 31.6 Å². The van der Waals surface area contributed by atoms with Crippen LogP contribution in [-0.4, -0.2) is 57.2 Å². The largest absolute Gasteiger partial charge is 0.474 e. The first kappa shape index (κ1) is 15.5. The summed E-state index contributed by atoms with van der Waals surface area (Å²) in [5.74, 6) is 1.11. The topological polar surface area (TPSA) is 88.3 Å². The summed E-state index contributed by atoms with van der Waals surface area (Å²) in [5, 5.41) is 16.5. The van der Waals surface area contributed by atoms with Crippen molar-refractivity contribution < 1.29 is 9.84 Å². The third kappa shape index (κ3) is 4.10. The first-order valence-corrected chi connectivity index (χ1v) is 7.80. The van der Waals surface area contributed by atoms with Crippen LogP contribution >= 0.6 is 0 Å². The van der Waals surface area contributed by atoms with Gasteiger partial charge in [0.15, 0.2) is 0 Å². The monoisotopic (exact) mass is 318 g/mol. The molecule has 1 fully saturated rings. The van der Waals surface area contributed by atoms with Crippen LogP contribution in [0, 0.1) is 0 Å². The van der Waals surface area contributed by atoms with Crippen molar-refractivity contribution in [3.63, 3.8) is 0 Å². The normalized spacial score (nSPS) is 18.0. The predicted molar refractivity (Wildman–Crippen MR) is 86.7 cm³/mol. The van der Waals surface area contributed by atoms with Gasteiger partial charge in [-0.05, 0) is 12.8 Å². The summed E-state index contributed by atoms with van der Waals surface area (Å²) in [6.07, 6.45) is 9.36. The Morgan fingerprint density at radius 1 is 1.39 bits per heavy atom. The highest BCUT2D eigenvalue weighted by Crippen LogP contribution is 2.21. The molecular formula is C15H22N6O2. The molecule has 1 unspecified atom stereocenters. The number of aliphatic hydroxyl groups is 1. The molecule has 0 radical (unpaired) electrons. The fourth-order valence-electron chi connectivity index (χ4n) is 2.75. The van der Waals surface area contributed by atoms with Gasteiger partial charge < -0.3 is 20.1 Å². The number of hydrogen-bond acceptors (Lipinski definition) is 7. The fraction of sp³-hybridized carbons (Fsp3) is 0.533. The van der Waals surface area contributed by atoms with Crippen molar-refractivity contribution >= 4 is 11.5 Å². The number of ether oxygens (including phenoxy) is 1. The second kappa shape index (κ2) is 7.28. The van der Waals surface area contributed by atoms with E-state index in [1.54, 1.807) is 12.4 Å². The Kier molecular flexibility index (Phi) is 4.92. The van der Waals surface area contributed by atoms with Crippen LogP contribution in [0.4, 0.5) is 11.5 Å². The number of anilines is 2. The van der Waals surface area contributed by atoms with E-state index in [2.05, 4.69) is 25.3 Å². The van der Waals surface area contributed by atoms with Gasteiger partial charge in [-0.15, -0.1) is 0 Å². The molecule has 8 nitrogen and oxygen atoms in total. The van der Waals surface area contributed by atoms with Crippen molar-refractivity contribution in [2.75, 3.05) is 36.5 Å². The van der Waals surface area contributed by atoms with Crippen LogP contribution in [0.2, 0.25) is 0 Å². The van der Waals surface area contributed by atoms with E-state index >= 15 is 0 Å². The van der Waals surface area contributed by atoms with Crippen molar-refractivity contribution in [1.29, 1.82) is 0 Å². The van der Waals surface area contributed by atoms with Crippen LogP contribution < -0.4 is 15.0 Å². The lowest BCUT2D eigenvalue weighted by atomic mass is 10.1. The number of nitrogens with one attached hydrogen (secondary N) is 1. The lowest BCUT2D eigenvalue weighted by Gasteiger charge is -2.34. The van der Waals surface area contributed by atoms with Gasteiger partial charge >= 0.3 is 0 Å². The molecule has 23 heavy (non-hydrogen) atoms. The lowest BCUT2D eigenvalue weighted by molar-refractivity contribution is 0.196. The Morgan fingerprint density at radius 2 is 2.30 bits per heavy atom. The second-order valence-electron chi connectivity index (χ2n) is 5.62. The molecular weight excluding hydrogens is 296 g/mol. The number of aromatic nitrogens is 4. The maximum atomic E-state index is 8.80. The summed E-state index contributed by atoms with van der Waals surface area (Å²) < 4.78 is 7.11. The van der Waals surface area contributed by atoms with Crippen LogP contribution in [-0.2, 0) is 7.05 Å². The molecule has 0 aliphatic carbocycles. The minimum atomic E-state index is -0.0397. The molecule has 2 aromatic heterocycles. The van der Waals surface area contributed by atoms with Crippen molar-refractivity contribution in [2.24, 2.45) is 7.05 Å². The fourth-order valence-corrected chi connectivity index (χ4v) is 2.75. The summed E-state index contributed by atoms with van der Waals surface area (Å²) in [7, 11) is 1.93. The third-order valence-electron chi connectivity index (χ3n) is 3.78. The molecule has 0 saturated carbocycles. The number of aliphatic hydroxyl groups excluding tert-OH is 1. The van der Waals surface area contributed by atoms with Crippen molar-refractivity contribution in [2.45, 2.75) is 18.9 Å². The van der Waals surface area contributed by atoms with E-state index in [9.17, 15) is 0 Å². The van der Waals surface area contributed by atoms with E-state index < -0.39 is 0 Å². The summed E-state index contributed by atoms with van der Waals surface area (Å²) in [6.45, 7) is 2.11. The number of nitrogens with zero attached hydrogens (tertiary/aromatic N) is 5. The van der Waals surface area contributed by atoms with E-state index in [1.807, 2.05) is 24.1 Å². The molecule has 3 rings (SSSR count). The quantitative estimate of drug-likeness (QED) is 0.809. The summed E-state index contributed by atoms with van der Waals surface area (Å²) in [5.41, 5.74) is 1.14. The molecule has 2 N–H and O–H groups in total. The molecule has 1 atom stereocenters. The van der Waals surface area contributed by atoms with Crippen LogP contribution in [0.5, 0.6) is 5.88 Å². The number of aryl methyl sites for hydroxylation is 1. The van der Waals surface area contributed by atoms with Gasteiger partial charge in [0.05, 0.1) is 30.9 Å². The summed E-state index contributed by atoms with van der Waals surface area (Å²) in [6, 6.07) is 0.298. The molecule has 2 aromatic rings. The Hall–Kier alpha value is -2.35. The molecule has 0 amide bonds. The van der Waals surface area contributed by atoms with E-state index in [1.165, 1.54) is 0 Å². The second-order valence-corrected chi connectivity index (χ2v) is 5.62. The summed E-state index contributed by atoms with van der Waals surface area (Å²) in [4.78, 5) is 10.8. The molecule has 0 bridgehead atoms. The Labute approximate surface area is 135 Å². The van der Waals surface area contributed by atoms with Gasteiger partial charge in [0.25, 0.3) is 0 Å². The molecule has 3 heterocycles. The Morgan fingerprint density at radius 3 is 3.09 bits per heavy atom. The number of hydrogen-bond donors (Lipinski definition) is 2. The first-order chi connectivity index (χ1) is 11.2. The Balaban J connectivity index is 1.61. The molecule has 0 spiro atoms. The van der Waals surface area contributed by atoms with Crippen molar-refractivity contribution in [3.05, 3.63) is 24.8 Å². The highest BCUT2D eigenvalue weighted by molar-refractivity contribution is 5.44. The lowest BCUT2D eigenvalue weighted by Crippen LogP contribution is -2.42. The molecule has 1 aliphatic rings. The SMILES string of the molecule is Cn1cc(N2CCCC(Nc3cncc(OCCO)n3)C2)cn1. The standard InChI is InChI=1S/C15H22N6O2/c1-20-11-13(7-17-20)21-4-2-3-12(10-21)18-14-8-16-9-15(19-14)23-6-5-22/h7-9,11-12,22H,2-6,10H2,1H3,(H,18,19). The molecule has 1 aliphatic heterocycles. The van der Waals surface area contributed by atoms with Gasteiger partial charge in [-0.2, -0.15) is 10.1 Å². The maximum Gasteiger partial charge on any atom is 0.234 e. The van der Waals surface area contributed by atoms with Gasteiger partial charge in [0, 0.05) is 32.4 Å². The number of piperidine rings is 1. The average molecular weight is 318 g/mol. The zero-order valence-corrected chi connectivity index (χ0v) is 13.2. The zero-order valence-electron chi connectivity index (χ0n) is 13.2. The first-order valence-electron chi connectivity index (χ1n) is 7.80. The smallest absolute Gasteiger partial charge is 0.234 e. The molecule has 8 heteroatoms. The van der Waals surface area contributed by atoms with Gasteiger partial charge in [-0.25, -0.2) is 0 Å². The van der Waals surface area contributed by atoms with Crippen molar-refractivity contribution in [3.8, 4) is 5.88 Å². The van der Waals surface area contributed by atoms with Gasteiger partial charge in [-0.3, -0.25) is 9.67 Å². The molecule has 1 saturated heterocycles. The molecule has 0 aromatic carbocycles. The highest BCUT2D eigenvalue weighted by atomic mass is 16.5. The average Bonchev–Trinajstić information content (AvgIpc) is 3.00. The van der Waals surface area contributed by atoms with E-state index in [4.69, 9.17) is 9.84 Å². The van der Waals surface area contributed by atoms with Gasteiger partial charge in [0.2, 0.25) is 5.88 Å². The van der Waals surface area contributed by atoms with E-state index in [-0.39, 0.29) is 13.2 Å². The summed E-state index contributed by atoms with van der Waals surface area (Å²) >= 11 is 0. The zero-order chi connectivity index (χ0) is 16.1. The van der Waals surface area contributed by atoms with Crippen molar-refractivity contribution in [1.82, 2.24) is 19.7 Å². The number of rotatable bonds is 6. The Bertz CT molecular complexity index is 632. The minimum absolute atomic E-state index is 0.0397. The molecule has 124 valence electrons. The van der Waals surface area contributed by atoms with Crippen LogP contribution in [0.3, 0.4) is 0 Å². The van der Waals surface area contributed by atoms with Crippen LogP contribution in [0.1, 0.15) is 12.8 Å². The van der Waals surface area contributed by atoms with Gasteiger partial charge in [0.1, 0.15) is 12.4 Å². The minimum Gasteiger partial charge on any atom is -0.474 e. The third-order valence-corrected chi connectivity index (χ3v) is 3.78. The van der Waals surface area contributed by atoms with E-state index in [0.29, 0.717) is 17.7 Å². The van der Waals surface area contributed by atoms with Crippen LogP contribution in [0.25, 0.3) is 0 Å².